The van der Waals surface area contributed by atoms with Crippen LogP contribution in [0.5, 0.6) is 0 Å². The molecule has 0 aliphatic heterocycles. The van der Waals surface area contributed by atoms with E-state index in [1.165, 1.54) is 31.3 Å². The van der Waals surface area contributed by atoms with Crippen molar-refractivity contribution in [1.82, 2.24) is 5.32 Å². The second-order valence-corrected chi connectivity index (χ2v) is 4.10. The van der Waals surface area contributed by atoms with Gasteiger partial charge in [-0.1, -0.05) is 6.07 Å². The SMILES string of the molecule is CNC(=O)c1ccc(N)c(Nc2c(F)cccc2F)c1. The minimum Gasteiger partial charge on any atom is -0.397 e. The van der Waals surface area contributed by atoms with Crippen LogP contribution in [0.1, 0.15) is 10.4 Å². The normalized spacial score (nSPS) is 10.2. The Labute approximate surface area is 114 Å². The Morgan fingerprint density at radius 2 is 1.80 bits per heavy atom. The first-order chi connectivity index (χ1) is 9.52. The van der Waals surface area contributed by atoms with Gasteiger partial charge < -0.3 is 16.4 Å². The summed E-state index contributed by atoms with van der Waals surface area (Å²) < 4.78 is 27.1. The molecule has 0 aromatic heterocycles. The zero-order valence-electron chi connectivity index (χ0n) is 10.7. The van der Waals surface area contributed by atoms with Crippen LogP contribution < -0.4 is 16.4 Å². The number of rotatable bonds is 3. The van der Waals surface area contributed by atoms with Crippen molar-refractivity contribution in [3.05, 3.63) is 53.6 Å². The van der Waals surface area contributed by atoms with E-state index < -0.39 is 11.6 Å². The molecular formula is C14H13F2N3O. The molecule has 6 heteroatoms. The van der Waals surface area contributed by atoms with Gasteiger partial charge in [-0.15, -0.1) is 0 Å². The summed E-state index contributed by atoms with van der Waals surface area (Å²) in [5.74, 6) is -1.80. The number of nitrogen functional groups attached to an aromatic ring is 1. The van der Waals surface area contributed by atoms with Crippen LogP contribution in [0.25, 0.3) is 0 Å². The highest BCUT2D eigenvalue weighted by Crippen LogP contribution is 2.27. The Morgan fingerprint density at radius 1 is 1.15 bits per heavy atom. The lowest BCUT2D eigenvalue weighted by Gasteiger charge is -2.12. The number of hydrogen-bond donors (Lipinski definition) is 3. The number of halogens is 2. The molecule has 4 N–H and O–H groups in total. The van der Waals surface area contributed by atoms with Crippen LogP contribution in [0.3, 0.4) is 0 Å². The van der Waals surface area contributed by atoms with Crippen LogP contribution in [-0.4, -0.2) is 13.0 Å². The van der Waals surface area contributed by atoms with Gasteiger partial charge in [0.05, 0.1) is 11.4 Å². The van der Waals surface area contributed by atoms with Crippen molar-refractivity contribution in [2.45, 2.75) is 0 Å². The molecule has 0 unspecified atom stereocenters. The molecular weight excluding hydrogens is 264 g/mol. The largest absolute Gasteiger partial charge is 0.397 e. The Bertz CT molecular complexity index is 639. The third-order valence-electron chi connectivity index (χ3n) is 2.76. The van der Waals surface area contributed by atoms with Gasteiger partial charge in [-0.2, -0.15) is 0 Å². The van der Waals surface area contributed by atoms with Crippen molar-refractivity contribution in [2.75, 3.05) is 18.1 Å². The Balaban J connectivity index is 2.40. The number of carbonyl (C=O) groups excluding carboxylic acids is 1. The fourth-order valence-electron chi connectivity index (χ4n) is 1.70. The molecule has 0 spiro atoms. The average Bonchev–Trinajstić information content (AvgIpc) is 2.44. The van der Waals surface area contributed by atoms with E-state index in [1.807, 2.05) is 0 Å². The lowest BCUT2D eigenvalue weighted by Crippen LogP contribution is -2.18. The van der Waals surface area contributed by atoms with Crippen LogP contribution in [-0.2, 0) is 0 Å². The van der Waals surface area contributed by atoms with Crippen LogP contribution in [0.4, 0.5) is 25.8 Å². The van der Waals surface area contributed by atoms with Crippen molar-refractivity contribution >= 4 is 23.0 Å². The van der Waals surface area contributed by atoms with E-state index in [2.05, 4.69) is 10.6 Å². The number of para-hydroxylation sites is 1. The summed E-state index contributed by atoms with van der Waals surface area (Å²) >= 11 is 0. The van der Waals surface area contributed by atoms with Gasteiger partial charge in [0.25, 0.3) is 5.91 Å². The first-order valence-electron chi connectivity index (χ1n) is 5.85. The molecule has 2 aromatic carbocycles. The zero-order chi connectivity index (χ0) is 14.7. The summed E-state index contributed by atoms with van der Waals surface area (Å²) in [4.78, 5) is 11.5. The highest BCUT2D eigenvalue weighted by molar-refractivity contribution is 5.96. The van der Waals surface area contributed by atoms with Gasteiger partial charge in [-0.3, -0.25) is 4.79 Å². The average molecular weight is 277 g/mol. The molecule has 0 saturated heterocycles. The van der Waals surface area contributed by atoms with Gasteiger partial charge in [0.1, 0.15) is 17.3 Å². The molecule has 2 aromatic rings. The predicted molar refractivity (Wildman–Crippen MR) is 73.9 cm³/mol. The summed E-state index contributed by atoms with van der Waals surface area (Å²) in [5.41, 5.74) is 6.30. The highest BCUT2D eigenvalue weighted by atomic mass is 19.1. The Hall–Kier alpha value is -2.63. The topological polar surface area (TPSA) is 67.2 Å². The summed E-state index contributed by atoms with van der Waals surface area (Å²) in [6.45, 7) is 0. The van der Waals surface area contributed by atoms with Gasteiger partial charge in [-0.05, 0) is 30.3 Å². The predicted octanol–water partition coefficient (Wildman–Crippen LogP) is 2.65. The molecule has 0 aliphatic carbocycles. The van der Waals surface area contributed by atoms with Crippen molar-refractivity contribution in [2.24, 2.45) is 0 Å². The maximum Gasteiger partial charge on any atom is 0.251 e. The molecule has 0 bridgehead atoms. The summed E-state index contributed by atoms with van der Waals surface area (Å²) in [6, 6.07) is 7.97. The van der Waals surface area contributed by atoms with Crippen molar-refractivity contribution in [3.63, 3.8) is 0 Å². The molecule has 0 atom stereocenters. The van der Waals surface area contributed by atoms with Gasteiger partial charge >= 0.3 is 0 Å². The standard InChI is InChI=1S/C14H13F2N3O/c1-18-14(20)8-5-6-11(17)12(7-8)19-13-9(15)3-2-4-10(13)16/h2-7,19H,17H2,1H3,(H,18,20). The smallest absolute Gasteiger partial charge is 0.251 e. The highest BCUT2D eigenvalue weighted by Gasteiger charge is 2.12. The maximum absolute atomic E-state index is 13.6. The van der Waals surface area contributed by atoms with Crippen LogP contribution in [0, 0.1) is 11.6 Å². The summed E-state index contributed by atoms with van der Waals surface area (Å²) in [5, 5.41) is 5.03. The van der Waals surface area contributed by atoms with Gasteiger partial charge in [0.15, 0.2) is 0 Å². The molecule has 0 fully saturated rings. The maximum atomic E-state index is 13.6. The van der Waals surface area contributed by atoms with Crippen LogP contribution in [0.2, 0.25) is 0 Å². The first-order valence-corrected chi connectivity index (χ1v) is 5.85. The summed E-state index contributed by atoms with van der Waals surface area (Å²) in [6.07, 6.45) is 0. The lowest BCUT2D eigenvalue weighted by atomic mass is 10.1. The fraction of sp³-hybridized carbons (Fsp3) is 0.0714. The number of amides is 1. The van der Waals surface area contributed by atoms with Crippen molar-refractivity contribution in [3.8, 4) is 0 Å². The van der Waals surface area contributed by atoms with Gasteiger partial charge in [0.2, 0.25) is 0 Å². The fourth-order valence-corrected chi connectivity index (χ4v) is 1.70. The number of anilines is 3. The van der Waals surface area contributed by atoms with E-state index in [1.54, 1.807) is 0 Å². The molecule has 2 rings (SSSR count). The van der Waals surface area contributed by atoms with Gasteiger partial charge in [-0.25, -0.2) is 8.78 Å². The number of benzene rings is 2. The third kappa shape index (κ3) is 2.69. The number of nitrogens with one attached hydrogen (secondary N) is 2. The molecule has 0 saturated carbocycles. The second kappa shape index (κ2) is 5.56. The summed E-state index contributed by atoms with van der Waals surface area (Å²) in [7, 11) is 1.49. The molecule has 20 heavy (non-hydrogen) atoms. The molecule has 0 aliphatic rings. The first kappa shape index (κ1) is 13.8. The second-order valence-electron chi connectivity index (χ2n) is 4.10. The van der Waals surface area contributed by atoms with E-state index in [0.29, 0.717) is 5.56 Å². The Kier molecular flexibility index (Phi) is 3.84. The minimum atomic E-state index is -0.741. The number of nitrogens with two attached hydrogens (primary N) is 1. The lowest BCUT2D eigenvalue weighted by molar-refractivity contribution is 0.0963. The van der Waals surface area contributed by atoms with Crippen molar-refractivity contribution < 1.29 is 13.6 Å². The molecule has 1 amide bonds. The monoisotopic (exact) mass is 277 g/mol. The van der Waals surface area contributed by atoms with Crippen molar-refractivity contribution in [1.29, 1.82) is 0 Å². The van der Waals surface area contributed by atoms with E-state index in [4.69, 9.17) is 5.73 Å². The Morgan fingerprint density at radius 3 is 2.40 bits per heavy atom. The van der Waals surface area contributed by atoms with Crippen LogP contribution in [0.15, 0.2) is 36.4 Å². The molecule has 4 nitrogen and oxygen atoms in total. The van der Waals surface area contributed by atoms with E-state index in [9.17, 15) is 13.6 Å². The molecule has 0 radical (unpaired) electrons. The van der Waals surface area contributed by atoms with E-state index in [0.717, 1.165) is 12.1 Å². The van der Waals surface area contributed by atoms with Crippen LogP contribution >= 0.6 is 0 Å². The number of hydrogen-bond acceptors (Lipinski definition) is 3. The minimum absolute atomic E-state index is 0.259. The van der Waals surface area contributed by atoms with E-state index >= 15 is 0 Å². The van der Waals surface area contributed by atoms with E-state index in [-0.39, 0.29) is 23.0 Å². The molecule has 104 valence electrons. The molecule has 0 heterocycles. The number of carbonyl (C=O) groups is 1. The quantitative estimate of drug-likeness (QED) is 0.755. The third-order valence-corrected chi connectivity index (χ3v) is 2.76. The van der Waals surface area contributed by atoms with Gasteiger partial charge in [0, 0.05) is 12.6 Å². The zero-order valence-corrected chi connectivity index (χ0v) is 10.7.